The zero-order chi connectivity index (χ0) is 15.2. The molecule has 0 spiro atoms. The summed E-state index contributed by atoms with van der Waals surface area (Å²) < 4.78 is 5.17. The van der Waals surface area contributed by atoms with E-state index in [4.69, 9.17) is 9.84 Å². The highest BCUT2D eigenvalue weighted by Gasteiger charge is 2.34. The van der Waals surface area contributed by atoms with E-state index < -0.39 is 12.0 Å². The number of ether oxygens (including phenoxy) is 1. The Morgan fingerprint density at radius 2 is 1.86 bits per heavy atom. The summed E-state index contributed by atoms with van der Waals surface area (Å²) in [5.41, 5.74) is 0. The van der Waals surface area contributed by atoms with Gasteiger partial charge in [-0.1, -0.05) is 0 Å². The molecule has 0 aromatic rings. The van der Waals surface area contributed by atoms with E-state index in [0.29, 0.717) is 37.9 Å². The molecule has 0 aliphatic carbocycles. The number of carbonyl (C=O) groups is 3. The highest BCUT2D eigenvalue weighted by Crippen LogP contribution is 2.22. The molecular formula is C12H18N2O5S2. The molecule has 2 fully saturated rings. The Bertz CT molecular complexity index is 414. The predicted molar refractivity (Wildman–Crippen MR) is 80.3 cm³/mol. The fourth-order valence-corrected chi connectivity index (χ4v) is 4.08. The van der Waals surface area contributed by atoms with Crippen LogP contribution in [-0.2, 0) is 19.1 Å². The molecule has 2 aliphatic heterocycles. The molecular weight excluding hydrogens is 316 g/mol. The summed E-state index contributed by atoms with van der Waals surface area (Å²) >= 11 is 2.67. The summed E-state index contributed by atoms with van der Waals surface area (Å²) in [5.74, 6) is 0.0356. The van der Waals surface area contributed by atoms with Crippen LogP contribution in [0.5, 0.6) is 0 Å². The minimum Gasteiger partial charge on any atom is -0.480 e. The number of nitrogens with zero attached hydrogens (tertiary/aromatic N) is 2. The SMILES string of the molecule is O=C(O)C1CSCN1C(=O)CSCC(=O)N1CCOCC1. The second-order valence-electron chi connectivity index (χ2n) is 4.70. The zero-order valence-electron chi connectivity index (χ0n) is 11.5. The van der Waals surface area contributed by atoms with Crippen LogP contribution in [0.1, 0.15) is 0 Å². The van der Waals surface area contributed by atoms with Crippen LogP contribution in [-0.4, -0.2) is 88.2 Å². The topological polar surface area (TPSA) is 87.2 Å². The Morgan fingerprint density at radius 3 is 2.52 bits per heavy atom. The molecule has 1 N–H and O–H groups in total. The first kappa shape index (κ1) is 16.4. The Morgan fingerprint density at radius 1 is 1.19 bits per heavy atom. The number of hydrogen-bond donors (Lipinski definition) is 1. The van der Waals surface area contributed by atoms with E-state index in [0.717, 1.165) is 0 Å². The van der Waals surface area contributed by atoms with Gasteiger partial charge in [-0.2, -0.15) is 0 Å². The molecule has 7 nitrogen and oxygen atoms in total. The molecule has 1 unspecified atom stereocenters. The van der Waals surface area contributed by atoms with Crippen LogP contribution in [0.15, 0.2) is 0 Å². The fraction of sp³-hybridized carbons (Fsp3) is 0.750. The van der Waals surface area contributed by atoms with E-state index in [1.54, 1.807) is 4.90 Å². The van der Waals surface area contributed by atoms with Gasteiger partial charge in [0.15, 0.2) is 0 Å². The summed E-state index contributed by atoms with van der Waals surface area (Å²) in [7, 11) is 0. The van der Waals surface area contributed by atoms with Crippen LogP contribution in [0, 0.1) is 0 Å². The molecule has 2 heterocycles. The second kappa shape index (κ2) is 7.90. The summed E-state index contributed by atoms with van der Waals surface area (Å²) in [5, 5.41) is 9.03. The molecule has 2 saturated heterocycles. The van der Waals surface area contributed by atoms with Crippen molar-refractivity contribution in [2.75, 3.05) is 49.4 Å². The Labute approximate surface area is 131 Å². The van der Waals surface area contributed by atoms with Crippen molar-refractivity contribution in [2.24, 2.45) is 0 Å². The monoisotopic (exact) mass is 334 g/mol. The van der Waals surface area contributed by atoms with Gasteiger partial charge in [-0.05, 0) is 0 Å². The fourth-order valence-electron chi connectivity index (χ4n) is 2.11. The van der Waals surface area contributed by atoms with Crippen LogP contribution in [0.2, 0.25) is 0 Å². The van der Waals surface area contributed by atoms with Crippen molar-refractivity contribution in [3.63, 3.8) is 0 Å². The minimum atomic E-state index is -0.970. The molecule has 118 valence electrons. The highest BCUT2D eigenvalue weighted by molar-refractivity contribution is 8.00. The quantitative estimate of drug-likeness (QED) is 0.729. The van der Waals surface area contributed by atoms with Crippen molar-refractivity contribution in [3.8, 4) is 0 Å². The van der Waals surface area contributed by atoms with E-state index in [-0.39, 0.29) is 23.3 Å². The number of carboxylic acids is 1. The molecule has 1 atom stereocenters. The van der Waals surface area contributed by atoms with Gasteiger partial charge in [0, 0.05) is 18.8 Å². The molecule has 0 bridgehead atoms. The first-order chi connectivity index (χ1) is 10.1. The van der Waals surface area contributed by atoms with Gasteiger partial charge in [-0.15, -0.1) is 23.5 Å². The molecule has 0 radical (unpaired) electrons. The van der Waals surface area contributed by atoms with Crippen molar-refractivity contribution in [2.45, 2.75) is 6.04 Å². The molecule has 21 heavy (non-hydrogen) atoms. The molecule has 2 rings (SSSR count). The van der Waals surface area contributed by atoms with Crippen molar-refractivity contribution in [1.29, 1.82) is 0 Å². The summed E-state index contributed by atoms with van der Waals surface area (Å²) in [6.45, 7) is 2.30. The Hall–Kier alpha value is -0.930. The van der Waals surface area contributed by atoms with Crippen molar-refractivity contribution in [3.05, 3.63) is 0 Å². The van der Waals surface area contributed by atoms with Crippen LogP contribution >= 0.6 is 23.5 Å². The molecule has 2 aliphatic rings. The minimum absolute atomic E-state index is 0.00156. The van der Waals surface area contributed by atoms with Crippen LogP contribution in [0.25, 0.3) is 0 Å². The molecule has 0 aromatic heterocycles. The number of carbonyl (C=O) groups excluding carboxylic acids is 2. The van der Waals surface area contributed by atoms with Crippen molar-refractivity contribution < 1.29 is 24.2 Å². The van der Waals surface area contributed by atoms with Crippen LogP contribution in [0.4, 0.5) is 0 Å². The normalized spacial score (nSPS) is 22.4. The van der Waals surface area contributed by atoms with E-state index in [2.05, 4.69) is 0 Å². The Kier molecular flexibility index (Phi) is 6.19. The van der Waals surface area contributed by atoms with Gasteiger partial charge in [-0.25, -0.2) is 4.79 Å². The number of morpholine rings is 1. The van der Waals surface area contributed by atoms with Gasteiger partial charge in [-0.3, -0.25) is 9.59 Å². The van der Waals surface area contributed by atoms with Crippen molar-refractivity contribution in [1.82, 2.24) is 9.80 Å². The average molecular weight is 334 g/mol. The third-order valence-electron chi connectivity index (χ3n) is 3.30. The molecule has 0 saturated carbocycles. The van der Waals surface area contributed by atoms with Gasteiger partial charge in [0.05, 0.1) is 30.6 Å². The third kappa shape index (κ3) is 4.52. The van der Waals surface area contributed by atoms with Crippen LogP contribution < -0.4 is 0 Å². The summed E-state index contributed by atoms with van der Waals surface area (Å²) in [6.07, 6.45) is 0. The predicted octanol–water partition coefficient (Wildman–Crippen LogP) is -0.435. The van der Waals surface area contributed by atoms with Gasteiger partial charge < -0.3 is 19.6 Å². The maximum atomic E-state index is 12.0. The second-order valence-corrected chi connectivity index (χ2v) is 6.69. The van der Waals surface area contributed by atoms with E-state index in [9.17, 15) is 14.4 Å². The first-order valence-electron chi connectivity index (χ1n) is 6.63. The number of aliphatic carboxylic acids is 1. The average Bonchev–Trinajstić information content (AvgIpc) is 2.97. The summed E-state index contributed by atoms with van der Waals surface area (Å²) in [6, 6.07) is -0.738. The Balaban J connectivity index is 1.71. The van der Waals surface area contributed by atoms with Gasteiger partial charge in [0.2, 0.25) is 11.8 Å². The molecule has 2 amide bonds. The van der Waals surface area contributed by atoms with Gasteiger partial charge in [0.25, 0.3) is 0 Å². The summed E-state index contributed by atoms with van der Waals surface area (Å²) in [4.78, 5) is 38.0. The molecule has 9 heteroatoms. The van der Waals surface area contributed by atoms with Gasteiger partial charge in [0.1, 0.15) is 6.04 Å². The standard InChI is InChI=1S/C12H18N2O5S2/c15-10(13-1-3-19-4-2-13)6-20-7-11(16)14-8-21-5-9(14)12(17)18/h9H,1-8H2,(H,17,18). The number of thioether (sulfide) groups is 2. The maximum Gasteiger partial charge on any atom is 0.327 e. The number of amides is 2. The first-order valence-corrected chi connectivity index (χ1v) is 8.94. The number of hydrogen-bond acceptors (Lipinski definition) is 6. The lowest BCUT2D eigenvalue weighted by molar-refractivity contribution is -0.146. The lowest BCUT2D eigenvalue weighted by Crippen LogP contribution is -2.43. The highest BCUT2D eigenvalue weighted by atomic mass is 32.2. The lowest BCUT2D eigenvalue weighted by atomic mass is 10.3. The third-order valence-corrected chi connectivity index (χ3v) is 5.22. The van der Waals surface area contributed by atoms with E-state index in [1.807, 2.05) is 0 Å². The molecule has 0 aromatic carbocycles. The number of rotatable bonds is 5. The van der Waals surface area contributed by atoms with E-state index >= 15 is 0 Å². The largest absolute Gasteiger partial charge is 0.480 e. The zero-order valence-corrected chi connectivity index (χ0v) is 13.2. The van der Waals surface area contributed by atoms with Gasteiger partial charge >= 0.3 is 5.97 Å². The van der Waals surface area contributed by atoms with Crippen molar-refractivity contribution >= 4 is 41.3 Å². The smallest absolute Gasteiger partial charge is 0.327 e. The maximum absolute atomic E-state index is 12.0. The van der Waals surface area contributed by atoms with Crippen LogP contribution in [0.3, 0.4) is 0 Å². The number of carboxylic acid groups (broad SMARTS) is 1. The lowest BCUT2D eigenvalue weighted by Gasteiger charge is -2.26. The van der Waals surface area contributed by atoms with E-state index in [1.165, 1.54) is 28.4 Å².